The standard InChI is InChI=1S/C10H5Cl2NO2/c11-8-2-6(3-9(12)4-8)1-7(5-13)10(14)15/h1-4H,(H,14,15)/b7-1-. The number of rotatable bonds is 2. The van der Waals surface area contributed by atoms with E-state index in [-0.39, 0.29) is 5.57 Å². The number of benzene rings is 1. The molecule has 0 aliphatic carbocycles. The number of hydrogen-bond donors (Lipinski definition) is 1. The van der Waals surface area contributed by atoms with Crippen LogP contribution in [0.15, 0.2) is 23.8 Å². The summed E-state index contributed by atoms with van der Waals surface area (Å²) in [5, 5.41) is 17.9. The Morgan fingerprint density at radius 3 is 2.27 bits per heavy atom. The number of hydrogen-bond acceptors (Lipinski definition) is 2. The van der Waals surface area contributed by atoms with E-state index in [9.17, 15) is 4.79 Å². The second kappa shape index (κ2) is 4.83. The molecule has 0 spiro atoms. The van der Waals surface area contributed by atoms with E-state index in [1.165, 1.54) is 24.3 Å². The molecule has 0 saturated heterocycles. The van der Waals surface area contributed by atoms with Gasteiger partial charge in [0.25, 0.3) is 0 Å². The Morgan fingerprint density at radius 1 is 1.33 bits per heavy atom. The predicted octanol–water partition coefficient (Wildman–Crippen LogP) is 2.98. The first kappa shape index (κ1) is 11.6. The number of halogens is 2. The van der Waals surface area contributed by atoms with Crippen molar-refractivity contribution in [3.05, 3.63) is 39.4 Å². The van der Waals surface area contributed by atoms with E-state index in [4.69, 9.17) is 33.6 Å². The molecule has 76 valence electrons. The van der Waals surface area contributed by atoms with E-state index in [2.05, 4.69) is 0 Å². The zero-order chi connectivity index (χ0) is 11.4. The van der Waals surface area contributed by atoms with Crippen LogP contribution >= 0.6 is 23.2 Å². The van der Waals surface area contributed by atoms with Gasteiger partial charge in [0.2, 0.25) is 0 Å². The van der Waals surface area contributed by atoms with Crippen LogP contribution in [0.25, 0.3) is 6.08 Å². The van der Waals surface area contributed by atoms with Crippen LogP contribution in [0.5, 0.6) is 0 Å². The third-order valence-electron chi connectivity index (χ3n) is 1.55. The first-order chi connectivity index (χ1) is 7.02. The Balaban J connectivity index is 3.18. The fourth-order valence-corrected chi connectivity index (χ4v) is 1.51. The maximum absolute atomic E-state index is 10.5. The van der Waals surface area contributed by atoms with Gasteiger partial charge in [0.05, 0.1) is 0 Å². The number of carboxylic acid groups (broad SMARTS) is 1. The number of carbonyl (C=O) groups is 1. The third kappa shape index (κ3) is 3.28. The summed E-state index contributed by atoms with van der Waals surface area (Å²) in [6, 6.07) is 6.13. The second-order valence-electron chi connectivity index (χ2n) is 2.68. The number of nitriles is 1. The van der Waals surface area contributed by atoms with Gasteiger partial charge >= 0.3 is 5.97 Å². The van der Waals surface area contributed by atoms with E-state index < -0.39 is 5.97 Å². The molecule has 0 aliphatic heterocycles. The van der Waals surface area contributed by atoms with Crippen LogP contribution in [-0.2, 0) is 4.79 Å². The average Bonchev–Trinajstić information content (AvgIpc) is 2.12. The van der Waals surface area contributed by atoms with Gasteiger partial charge in [-0.1, -0.05) is 23.2 Å². The smallest absolute Gasteiger partial charge is 0.346 e. The summed E-state index contributed by atoms with van der Waals surface area (Å²) >= 11 is 11.4. The minimum absolute atomic E-state index is 0.367. The van der Waals surface area contributed by atoms with Crippen LogP contribution in [0.2, 0.25) is 10.0 Å². The van der Waals surface area contributed by atoms with Gasteiger partial charge in [-0.2, -0.15) is 5.26 Å². The summed E-state index contributed by atoms with van der Waals surface area (Å²) in [6.45, 7) is 0. The van der Waals surface area contributed by atoms with Gasteiger partial charge in [-0.15, -0.1) is 0 Å². The lowest BCUT2D eigenvalue weighted by atomic mass is 10.1. The first-order valence-electron chi connectivity index (χ1n) is 3.84. The van der Waals surface area contributed by atoms with Gasteiger partial charge < -0.3 is 5.11 Å². The number of nitrogens with zero attached hydrogens (tertiary/aromatic N) is 1. The van der Waals surface area contributed by atoms with Crippen LogP contribution in [0.4, 0.5) is 0 Å². The molecule has 0 saturated carbocycles. The van der Waals surface area contributed by atoms with E-state index >= 15 is 0 Å². The van der Waals surface area contributed by atoms with Crippen molar-refractivity contribution in [2.75, 3.05) is 0 Å². The maximum Gasteiger partial charge on any atom is 0.346 e. The Kier molecular flexibility index (Phi) is 3.73. The SMILES string of the molecule is N#C/C(=C/c1cc(Cl)cc(Cl)c1)C(=O)O. The molecule has 0 atom stereocenters. The van der Waals surface area contributed by atoms with Crippen molar-refractivity contribution >= 4 is 35.2 Å². The molecule has 0 amide bonds. The van der Waals surface area contributed by atoms with E-state index in [1.54, 1.807) is 6.07 Å². The summed E-state index contributed by atoms with van der Waals surface area (Å²) in [4.78, 5) is 10.5. The zero-order valence-corrected chi connectivity index (χ0v) is 8.88. The molecule has 0 heterocycles. The van der Waals surface area contributed by atoms with Crippen LogP contribution in [0.1, 0.15) is 5.56 Å². The van der Waals surface area contributed by atoms with Crippen LogP contribution in [0.3, 0.4) is 0 Å². The van der Waals surface area contributed by atoms with Crippen molar-refractivity contribution < 1.29 is 9.90 Å². The summed E-state index contributed by atoms with van der Waals surface area (Å²) in [5.41, 5.74) is 0.111. The minimum atomic E-state index is -1.28. The second-order valence-corrected chi connectivity index (χ2v) is 3.55. The third-order valence-corrected chi connectivity index (χ3v) is 1.98. The van der Waals surface area contributed by atoms with Crippen molar-refractivity contribution in [3.8, 4) is 6.07 Å². The zero-order valence-electron chi connectivity index (χ0n) is 7.37. The molecule has 1 aromatic rings. The number of carboxylic acids is 1. The minimum Gasteiger partial charge on any atom is -0.477 e. The van der Waals surface area contributed by atoms with Crippen LogP contribution in [0, 0.1) is 11.3 Å². The van der Waals surface area contributed by atoms with Crippen LogP contribution < -0.4 is 0 Å². The molecule has 3 nitrogen and oxygen atoms in total. The van der Waals surface area contributed by atoms with E-state index in [0.717, 1.165) is 0 Å². The summed E-state index contributed by atoms with van der Waals surface area (Å²) < 4.78 is 0. The van der Waals surface area contributed by atoms with Gasteiger partial charge in [0.15, 0.2) is 0 Å². The van der Waals surface area contributed by atoms with Gasteiger partial charge in [-0.25, -0.2) is 4.79 Å². The molecular formula is C10H5Cl2NO2. The Hall–Kier alpha value is -1.50. The Morgan fingerprint density at radius 2 is 1.87 bits per heavy atom. The molecular weight excluding hydrogens is 237 g/mol. The molecule has 5 heteroatoms. The molecule has 0 bridgehead atoms. The lowest BCUT2D eigenvalue weighted by Gasteiger charge is -1.97. The molecule has 1 N–H and O–H groups in total. The van der Waals surface area contributed by atoms with Crippen molar-refractivity contribution in [3.63, 3.8) is 0 Å². The highest BCUT2D eigenvalue weighted by molar-refractivity contribution is 6.34. The van der Waals surface area contributed by atoms with Gasteiger partial charge in [0, 0.05) is 10.0 Å². The monoisotopic (exact) mass is 241 g/mol. The van der Waals surface area contributed by atoms with E-state index in [0.29, 0.717) is 15.6 Å². The summed E-state index contributed by atoms with van der Waals surface area (Å²) in [6.07, 6.45) is 1.21. The molecule has 0 aliphatic rings. The topological polar surface area (TPSA) is 61.1 Å². The Labute approximate surface area is 96.2 Å². The van der Waals surface area contributed by atoms with Crippen molar-refractivity contribution in [1.82, 2.24) is 0 Å². The highest BCUT2D eigenvalue weighted by Crippen LogP contribution is 2.20. The quantitative estimate of drug-likeness (QED) is 0.640. The average molecular weight is 242 g/mol. The van der Waals surface area contributed by atoms with Crippen molar-refractivity contribution in [2.24, 2.45) is 0 Å². The molecule has 1 aromatic carbocycles. The van der Waals surface area contributed by atoms with Gasteiger partial charge in [-0.05, 0) is 29.8 Å². The first-order valence-corrected chi connectivity index (χ1v) is 4.59. The largest absolute Gasteiger partial charge is 0.477 e. The fraction of sp³-hybridized carbons (Fsp3) is 0. The molecule has 0 radical (unpaired) electrons. The van der Waals surface area contributed by atoms with Crippen molar-refractivity contribution in [1.29, 1.82) is 5.26 Å². The lowest BCUT2D eigenvalue weighted by molar-refractivity contribution is -0.132. The normalized spacial score (nSPS) is 10.9. The molecule has 0 unspecified atom stereocenters. The number of aliphatic carboxylic acids is 1. The van der Waals surface area contributed by atoms with Crippen molar-refractivity contribution in [2.45, 2.75) is 0 Å². The van der Waals surface area contributed by atoms with Crippen LogP contribution in [-0.4, -0.2) is 11.1 Å². The predicted molar refractivity (Wildman–Crippen MR) is 57.7 cm³/mol. The highest BCUT2D eigenvalue weighted by Gasteiger charge is 2.06. The molecule has 15 heavy (non-hydrogen) atoms. The lowest BCUT2D eigenvalue weighted by Crippen LogP contribution is -1.97. The highest BCUT2D eigenvalue weighted by atomic mass is 35.5. The fourth-order valence-electron chi connectivity index (χ4n) is 0.967. The summed E-state index contributed by atoms with van der Waals surface area (Å²) in [7, 11) is 0. The van der Waals surface area contributed by atoms with E-state index in [1.807, 2.05) is 0 Å². The molecule has 0 aromatic heterocycles. The Bertz CT molecular complexity index is 455. The molecule has 1 rings (SSSR count). The maximum atomic E-state index is 10.5. The summed E-state index contributed by atoms with van der Waals surface area (Å²) in [5.74, 6) is -1.28. The van der Waals surface area contributed by atoms with Gasteiger partial charge in [0.1, 0.15) is 11.6 Å². The molecule has 0 fully saturated rings. The van der Waals surface area contributed by atoms with Gasteiger partial charge in [-0.3, -0.25) is 0 Å².